The van der Waals surface area contributed by atoms with E-state index in [2.05, 4.69) is 55.4 Å². The van der Waals surface area contributed by atoms with E-state index < -0.39 is 11.8 Å². The molecule has 29 heavy (non-hydrogen) atoms. The van der Waals surface area contributed by atoms with Gasteiger partial charge < -0.3 is 9.47 Å². The van der Waals surface area contributed by atoms with Crippen molar-refractivity contribution in [3.8, 4) is 0 Å². The third-order valence-electron chi connectivity index (χ3n) is 7.62. The molecule has 0 radical (unpaired) electrons. The van der Waals surface area contributed by atoms with E-state index >= 15 is 0 Å². The molecule has 0 amide bonds. The first kappa shape index (κ1) is 24.0. The van der Waals surface area contributed by atoms with E-state index in [1.165, 1.54) is 11.1 Å². The molecule has 2 bridgehead atoms. The SMILES string of the molecule is CCOC(=O)C1C(C(=O)OCC)C2(C(C)C)CC1(C(C)C)C(C(C)C)=C2C(C)C. The summed E-state index contributed by atoms with van der Waals surface area (Å²) in [6.07, 6.45) is 0.837. The Balaban J connectivity index is 2.94. The van der Waals surface area contributed by atoms with Crippen molar-refractivity contribution in [3.63, 3.8) is 0 Å². The van der Waals surface area contributed by atoms with E-state index in [0.717, 1.165) is 6.42 Å². The summed E-state index contributed by atoms with van der Waals surface area (Å²) in [5.41, 5.74) is 2.08. The van der Waals surface area contributed by atoms with Gasteiger partial charge in [0.25, 0.3) is 0 Å². The van der Waals surface area contributed by atoms with E-state index in [9.17, 15) is 9.59 Å². The zero-order valence-corrected chi connectivity index (χ0v) is 20.2. The molecule has 4 heteroatoms. The average Bonchev–Trinajstić information content (AvgIpc) is 3.11. The molecule has 0 aromatic rings. The zero-order valence-electron chi connectivity index (χ0n) is 20.2. The number of allylic oxidation sites excluding steroid dienone is 2. The summed E-state index contributed by atoms with van der Waals surface area (Å²) in [4.78, 5) is 26.8. The molecule has 2 aliphatic rings. The van der Waals surface area contributed by atoms with Gasteiger partial charge in [-0.15, -0.1) is 0 Å². The lowest BCUT2D eigenvalue weighted by Gasteiger charge is -2.48. The van der Waals surface area contributed by atoms with E-state index in [4.69, 9.17) is 9.47 Å². The number of esters is 2. The number of fused-ring (bicyclic) bond motifs is 2. The van der Waals surface area contributed by atoms with Crippen LogP contribution in [0, 0.1) is 46.3 Å². The summed E-state index contributed by atoms with van der Waals surface area (Å²) >= 11 is 0. The van der Waals surface area contributed by atoms with Crippen LogP contribution in [0.25, 0.3) is 0 Å². The summed E-state index contributed by atoms with van der Waals surface area (Å²) in [5, 5.41) is 0. The smallest absolute Gasteiger partial charge is 0.310 e. The van der Waals surface area contributed by atoms with Crippen molar-refractivity contribution in [2.75, 3.05) is 13.2 Å². The van der Waals surface area contributed by atoms with Crippen LogP contribution in [0.5, 0.6) is 0 Å². The van der Waals surface area contributed by atoms with E-state index in [1.807, 2.05) is 13.8 Å². The maximum atomic E-state index is 13.4. The van der Waals surface area contributed by atoms with E-state index in [1.54, 1.807) is 0 Å². The van der Waals surface area contributed by atoms with Crippen LogP contribution in [-0.4, -0.2) is 25.2 Å². The molecule has 0 heterocycles. The first-order chi connectivity index (χ1) is 13.4. The van der Waals surface area contributed by atoms with Crippen LogP contribution >= 0.6 is 0 Å². The average molecular weight is 407 g/mol. The minimum atomic E-state index is -0.483. The highest BCUT2D eigenvalue weighted by molar-refractivity contribution is 5.87. The predicted molar refractivity (Wildman–Crippen MR) is 116 cm³/mol. The van der Waals surface area contributed by atoms with Crippen LogP contribution in [0.1, 0.15) is 75.7 Å². The number of carbonyl (C=O) groups excluding carboxylic acids is 2. The van der Waals surface area contributed by atoms with Crippen molar-refractivity contribution >= 4 is 11.9 Å². The van der Waals surface area contributed by atoms with Crippen LogP contribution in [0.15, 0.2) is 11.1 Å². The minimum absolute atomic E-state index is 0.225. The molecule has 2 aliphatic carbocycles. The molecular weight excluding hydrogens is 364 g/mol. The van der Waals surface area contributed by atoms with Crippen molar-refractivity contribution < 1.29 is 19.1 Å². The Morgan fingerprint density at radius 3 is 1.28 bits per heavy atom. The first-order valence-electron chi connectivity index (χ1n) is 11.5. The standard InChI is InChI=1S/C25H42O4/c1-11-28-22(26)20-21(23(27)29-12-2)25(17(9)10)13-24(20,16(7)8)18(14(3)4)19(25)15(5)6/h14-17,20-21H,11-13H2,1-10H3. The van der Waals surface area contributed by atoms with Gasteiger partial charge in [0.05, 0.1) is 25.0 Å². The Kier molecular flexibility index (Phi) is 6.96. The molecule has 4 unspecified atom stereocenters. The second kappa shape index (κ2) is 8.43. The van der Waals surface area contributed by atoms with Gasteiger partial charge in [-0.25, -0.2) is 0 Å². The third kappa shape index (κ3) is 3.25. The normalized spacial score (nSPS) is 31.5. The number of hydrogen-bond donors (Lipinski definition) is 0. The summed E-state index contributed by atoms with van der Waals surface area (Å²) < 4.78 is 11.2. The third-order valence-corrected chi connectivity index (χ3v) is 7.62. The lowest BCUT2D eigenvalue weighted by molar-refractivity contribution is -0.167. The monoisotopic (exact) mass is 406 g/mol. The Hall–Kier alpha value is -1.32. The first-order valence-corrected chi connectivity index (χ1v) is 11.5. The Morgan fingerprint density at radius 2 is 1.07 bits per heavy atom. The fourth-order valence-electron chi connectivity index (χ4n) is 6.93. The minimum Gasteiger partial charge on any atom is -0.466 e. The van der Waals surface area contributed by atoms with Crippen molar-refractivity contribution in [1.82, 2.24) is 0 Å². The van der Waals surface area contributed by atoms with Crippen LogP contribution < -0.4 is 0 Å². The van der Waals surface area contributed by atoms with Crippen molar-refractivity contribution in [1.29, 1.82) is 0 Å². The molecule has 4 nitrogen and oxygen atoms in total. The second-order valence-corrected chi connectivity index (χ2v) is 10.2. The van der Waals surface area contributed by atoms with E-state index in [0.29, 0.717) is 25.0 Å². The highest BCUT2D eigenvalue weighted by Gasteiger charge is 2.75. The molecule has 166 valence electrons. The van der Waals surface area contributed by atoms with E-state index in [-0.39, 0.29) is 34.6 Å². The largest absolute Gasteiger partial charge is 0.466 e. The Morgan fingerprint density at radius 1 is 0.759 bits per heavy atom. The van der Waals surface area contributed by atoms with Crippen molar-refractivity contribution in [3.05, 3.63) is 11.1 Å². The highest BCUT2D eigenvalue weighted by atomic mass is 16.5. The van der Waals surface area contributed by atoms with Crippen LogP contribution in [0.2, 0.25) is 0 Å². The number of carbonyl (C=O) groups is 2. The molecule has 0 spiro atoms. The Bertz CT molecular complexity index is 616. The lowest BCUT2D eigenvalue weighted by Crippen LogP contribution is -2.50. The molecular formula is C25H42O4. The quantitative estimate of drug-likeness (QED) is 0.386. The van der Waals surface area contributed by atoms with Crippen molar-refractivity contribution in [2.24, 2.45) is 46.3 Å². The zero-order chi connectivity index (χ0) is 22.3. The lowest BCUT2D eigenvalue weighted by atomic mass is 9.55. The molecule has 0 aliphatic heterocycles. The number of hydrogen-bond acceptors (Lipinski definition) is 4. The number of ether oxygens (including phenoxy) is 2. The van der Waals surface area contributed by atoms with Gasteiger partial charge >= 0.3 is 11.9 Å². The van der Waals surface area contributed by atoms with Gasteiger partial charge in [-0.3, -0.25) is 9.59 Å². The number of rotatable bonds is 8. The molecule has 0 aromatic carbocycles. The second-order valence-electron chi connectivity index (χ2n) is 10.2. The Labute approximate surface area is 177 Å². The van der Waals surface area contributed by atoms with Gasteiger partial charge in [-0.2, -0.15) is 0 Å². The molecule has 0 saturated heterocycles. The van der Waals surface area contributed by atoms with Gasteiger partial charge in [0.15, 0.2) is 0 Å². The highest BCUT2D eigenvalue weighted by Crippen LogP contribution is 2.76. The van der Waals surface area contributed by atoms with Crippen LogP contribution in [0.4, 0.5) is 0 Å². The molecule has 4 atom stereocenters. The maximum absolute atomic E-state index is 13.4. The van der Waals surface area contributed by atoms with Gasteiger partial charge in [-0.05, 0) is 43.9 Å². The van der Waals surface area contributed by atoms with Gasteiger partial charge in [-0.1, -0.05) is 66.5 Å². The fourth-order valence-corrected chi connectivity index (χ4v) is 6.93. The summed E-state index contributed by atoms with van der Waals surface area (Å²) in [6, 6.07) is 0. The van der Waals surface area contributed by atoms with Crippen LogP contribution in [-0.2, 0) is 19.1 Å². The summed E-state index contributed by atoms with van der Waals surface area (Å²) in [5.74, 6) is -0.352. The van der Waals surface area contributed by atoms with Gasteiger partial charge in [0.1, 0.15) is 0 Å². The summed E-state index contributed by atoms with van der Waals surface area (Å²) in [6.45, 7) is 22.1. The maximum Gasteiger partial charge on any atom is 0.310 e. The predicted octanol–water partition coefficient (Wildman–Crippen LogP) is 5.66. The summed E-state index contributed by atoms with van der Waals surface area (Å²) in [7, 11) is 0. The topological polar surface area (TPSA) is 52.6 Å². The molecule has 2 rings (SSSR count). The van der Waals surface area contributed by atoms with Gasteiger partial charge in [0.2, 0.25) is 0 Å². The molecule has 0 N–H and O–H groups in total. The van der Waals surface area contributed by atoms with Gasteiger partial charge in [0, 0.05) is 10.8 Å². The molecule has 0 aromatic heterocycles. The fraction of sp³-hybridized carbons (Fsp3) is 0.840. The molecule has 1 saturated carbocycles. The van der Waals surface area contributed by atoms with Crippen molar-refractivity contribution in [2.45, 2.75) is 75.7 Å². The molecule has 1 fully saturated rings. The van der Waals surface area contributed by atoms with Crippen LogP contribution in [0.3, 0.4) is 0 Å².